The van der Waals surface area contributed by atoms with Crippen molar-refractivity contribution in [3.05, 3.63) is 58.9 Å². The molecule has 4 nitrogen and oxygen atoms in total. The molecule has 2 rings (SSSR count). The van der Waals surface area contributed by atoms with Crippen LogP contribution < -0.4 is 11.1 Å². The first-order valence-electron chi connectivity index (χ1n) is 5.85. The fraction of sp³-hybridized carbons (Fsp3) is 0.143. The number of rotatable bonds is 3. The van der Waals surface area contributed by atoms with Crippen molar-refractivity contribution in [2.24, 2.45) is 0 Å². The van der Waals surface area contributed by atoms with Gasteiger partial charge in [0.2, 0.25) is 0 Å². The van der Waals surface area contributed by atoms with E-state index in [9.17, 15) is 4.79 Å². The van der Waals surface area contributed by atoms with Gasteiger partial charge in [0, 0.05) is 11.9 Å². The van der Waals surface area contributed by atoms with Crippen LogP contribution in [0.2, 0.25) is 5.02 Å². The van der Waals surface area contributed by atoms with E-state index < -0.39 is 0 Å². The van der Waals surface area contributed by atoms with Gasteiger partial charge < -0.3 is 11.1 Å². The Hall–Kier alpha value is -2.07. The van der Waals surface area contributed by atoms with Gasteiger partial charge in [-0.15, -0.1) is 0 Å². The molecule has 1 unspecified atom stereocenters. The summed E-state index contributed by atoms with van der Waals surface area (Å²) in [5.41, 5.74) is 7.21. The molecule has 1 heterocycles. The van der Waals surface area contributed by atoms with Crippen LogP contribution in [0.25, 0.3) is 0 Å². The van der Waals surface area contributed by atoms with Crippen LogP contribution >= 0.6 is 11.6 Å². The summed E-state index contributed by atoms with van der Waals surface area (Å²) in [5, 5.41) is 3.17. The quantitative estimate of drug-likeness (QED) is 0.847. The lowest BCUT2D eigenvalue weighted by molar-refractivity contribution is 0.0940. The van der Waals surface area contributed by atoms with Gasteiger partial charge in [0.05, 0.1) is 22.3 Å². The van der Waals surface area contributed by atoms with Gasteiger partial charge in [-0.1, -0.05) is 23.7 Å². The van der Waals surface area contributed by atoms with Crippen LogP contribution in [-0.4, -0.2) is 10.9 Å². The number of benzene rings is 1. The average Bonchev–Trinajstić information content (AvgIpc) is 2.39. The summed E-state index contributed by atoms with van der Waals surface area (Å²) in [4.78, 5) is 16.4. The number of hydrogen-bond acceptors (Lipinski definition) is 3. The zero-order valence-corrected chi connectivity index (χ0v) is 11.2. The lowest BCUT2D eigenvalue weighted by atomic mass is 10.1. The van der Waals surface area contributed by atoms with Gasteiger partial charge in [-0.2, -0.15) is 0 Å². The van der Waals surface area contributed by atoms with Gasteiger partial charge in [-0.05, 0) is 31.2 Å². The van der Waals surface area contributed by atoms with Crippen LogP contribution in [0.4, 0.5) is 5.69 Å². The van der Waals surface area contributed by atoms with Crippen LogP contribution in [0.5, 0.6) is 0 Å². The van der Waals surface area contributed by atoms with Crippen LogP contribution in [0.1, 0.15) is 29.0 Å². The van der Waals surface area contributed by atoms with Crippen molar-refractivity contribution >= 4 is 23.2 Å². The standard InChI is InChI=1S/C14H14ClN3O/c1-9(12-7-2-3-8-17-12)18-14(19)13-10(15)5-4-6-11(13)16/h2-9H,16H2,1H3,(H,18,19). The summed E-state index contributed by atoms with van der Waals surface area (Å²) in [7, 11) is 0. The van der Waals surface area contributed by atoms with E-state index in [1.807, 2.05) is 25.1 Å². The molecule has 0 spiro atoms. The molecule has 19 heavy (non-hydrogen) atoms. The molecule has 0 saturated heterocycles. The van der Waals surface area contributed by atoms with E-state index in [0.717, 1.165) is 5.69 Å². The monoisotopic (exact) mass is 275 g/mol. The van der Waals surface area contributed by atoms with Crippen molar-refractivity contribution < 1.29 is 4.79 Å². The molecule has 0 aliphatic heterocycles. The van der Waals surface area contributed by atoms with Gasteiger partial charge in [0.1, 0.15) is 0 Å². The predicted octanol–water partition coefficient (Wildman–Crippen LogP) is 2.81. The molecule has 0 aliphatic carbocycles. The Kier molecular flexibility index (Phi) is 4.02. The Balaban J connectivity index is 2.18. The Labute approximate surface area is 116 Å². The zero-order valence-electron chi connectivity index (χ0n) is 10.4. The Morgan fingerprint density at radius 1 is 1.32 bits per heavy atom. The number of nitrogens with one attached hydrogen (secondary N) is 1. The van der Waals surface area contributed by atoms with Gasteiger partial charge in [-0.3, -0.25) is 9.78 Å². The summed E-state index contributed by atoms with van der Waals surface area (Å²) in [6, 6.07) is 10.3. The highest BCUT2D eigenvalue weighted by atomic mass is 35.5. The number of aromatic nitrogens is 1. The lowest BCUT2D eigenvalue weighted by Gasteiger charge is -2.15. The van der Waals surface area contributed by atoms with Crippen molar-refractivity contribution in [2.75, 3.05) is 5.73 Å². The van der Waals surface area contributed by atoms with Crippen molar-refractivity contribution in [1.29, 1.82) is 0 Å². The van der Waals surface area contributed by atoms with E-state index in [0.29, 0.717) is 16.3 Å². The van der Waals surface area contributed by atoms with Gasteiger partial charge in [-0.25, -0.2) is 0 Å². The second-order valence-electron chi connectivity index (χ2n) is 4.15. The van der Waals surface area contributed by atoms with Gasteiger partial charge >= 0.3 is 0 Å². The maximum atomic E-state index is 12.2. The Morgan fingerprint density at radius 3 is 2.74 bits per heavy atom. The normalized spacial score (nSPS) is 11.9. The molecule has 1 atom stereocenters. The van der Waals surface area contributed by atoms with E-state index >= 15 is 0 Å². The third-order valence-corrected chi connectivity index (χ3v) is 3.07. The minimum Gasteiger partial charge on any atom is -0.398 e. The first-order valence-corrected chi connectivity index (χ1v) is 6.23. The molecule has 5 heteroatoms. The Bertz CT molecular complexity index is 566. The number of carbonyl (C=O) groups excluding carboxylic acids is 1. The molecule has 0 saturated carbocycles. The van der Waals surface area contributed by atoms with Crippen LogP contribution in [0, 0.1) is 0 Å². The third-order valence-electron chi connectivity index (χ3n) is 2.75. The molecule has 0 radical (unpaired) electrons. The molecule has 0 fully saturated rings. The second kappa shape index (κ2) is 5.71. The molecule has 1 amide bonds. The van der Waals surface area contributed by atoms with Gasteiger partial charge in [0.25, 0.3) is 5.91 Å². The van der Waals surface area contributed by atoms with E-state index in [2.05, 4.69) is 10.3 Å². The highest BCUT2D eigenvalue weighted by molar-refractivity contribution is 6.34. The molecule has 1 aromatic heterocycles. The van der Waals surface area contributed by atoms with Crippen LogP contribution in [0.3, 0.4) is 0 Å². The second-order valence-corrected chi connectivity index (χ2v) is 4.56. The minimum absolute atomic E-state index is 0.218. The smallest absolute Gasteiger partial charge is 0.255 e. The molecule has 2 aromatic rings. The number of carbonyl (C=O) groups is 1. The Morgan fingerprint density at radius 2 is 2.11 bits per heavy atom. The summed E-state index contributed by atoms with van der Waals surface area (Å²) < 4.78 is 0. The first-order chi connectivity index (χ1) is 9.09. The number of hydrogen-bond donors (Lipinski definition) is 2. The third kappa shape index (κ3) is 3.03. The number of anilines is 1. The number of halogens is 1. The maximum absolute atomic E-state index is 12.2. The van der Waals surface area contributed by atoms with E-state index in [1.165, 1.54) is 0 Å². The van der Waals surface area contributed by atoms with E-state index in [-0.39, 0.29) is 11.9 Å². The van der Waals surface area contributed by atoms with Crippen molar-refractivity contribution in [3.8, 4) is 0 Å². The highest BCUT2D eigenvalue weighted by Gasteiger charge is 2.17. The highest BCUT2D eigenvalue weighted by Crippen LogP contribution is 2.22. The lowest BCUT2D eigenvalue weighted by Crippen LogP contribution is -2.28. The molecule has 0 bridgehead atoms. The molecular formula is C14H14ClN3O. The largest absolute Gasteiger partial charge is 0.398 e. The molecule has 1 aromatic carbocycles. The van der Waals surface area contributed by atoms with Crippen molar-refractivity contribution in [1.82, 2.24) is 10.3 Å². The van der Waals surface area contributed by atoms with Gasteiger partial charge in [0.15, 0.2) is 0 Å². The summed E-state index contributed by atoms with van der Waals surface area (Å²) >= 11 is 6.00. The zero-order chi connectivity index (χ0) is 13.8. The molecule has 98 valence electrons. The summed E-state index contributed by atoms with van der Waals surface area (Å²) in [6.45, 7) is 1.85. The van der Waals surface area contributed by atoms with Crippen molar-refractivity contribution in [2.45, 2.75) is 13.0 Å². The number of nitrogen functional groups attached to an aromatic ring is 1. The van der Waals surface area contributed by atoms with E-state index in [1.54, 1.807) is 24.4 Å². The molecule has 0 aliphatic rings. The number of pyridine rings is 1. The molecule has 3 N–H and O–H groups in total. The first kappa shape index (κ1) is 13.4. The minimum atomic E-state index is -0.304. The number of nitrogens with two attached hydrogens (primary N) is 1. The van der Waals surface area contributed by atoms with Crippen LogP contribution in [-0.2, 0) is 0 Å². The predicted molar refractivity (Wildman–Crippen MR) is 76.0 cm³/mol. The van der Waals surface area contributed by atoms with Crippen LogP contribution in [0.15, 0.2) is 42.6 Å². The van der Waals surface area contributed by atoms with E-state index in [4.69, 9.17) is 17.3 Å². The topological polar surface area (TPSA) is 68.0 Å². The maximum Gasteiger partial charge on any atom is 0.255 e. The number of amides is 1. The average molecular weight is 276 g/mol. The number of nitrogens with zero attached hydrogens (tertiary/aromatic N) is 1. The van der Waals surface area contributed by atoms with Crippen molar-refractivity contribution in [3.63, 3.8) is 0 Å². The fourth-order valence-corrected chi connectivity index (χ4v) is 2.02. The molecular weight excluding hydrogens is 262 g/mol. The fourth-order valence-electron chi connectivity index (χ4n) is 1.76. The SMILES string of the molecule is CC(NC(=O)c1c(N)cccc1Cl)c1ccccn1. The summed E-state index contributed by atoms with van der Waals surface area (Å²) in [5.74, 6) is -0.304. The summed E-state index contributed by atoms with van der Waals surface area (Å²) in [6.07, 6.45) is 1.68.